The minimum absolute atomic E-state index is 0.365. The number of carbonyl (C=O) groups is 1. The van der Waals surface area contributed by atoms with Gasteiger partial charge in [0.05, 0.1) is 23.9 Å². The third-order valence-electron chi connectivity index (χ3n) is 2.55. The van der Waals surface area contributed by atoms with Crippen molar-refractivity contribution in [1.82, 2.24) is 19.9 Å². The van der Waals surface area contributed by atoms with Crippen LogP contribution in [0.5, 0.6) is 0 Å². The third kappa shape index (κ3) is 6.31. The number of nitrogens with zero attached hydrogens (tertiary/aromatic N) is 5. The Morgan fingerprint density at radius 3 is 2.21 bits per heavy atom. The van der Waals surface area contributed by atoms with Gasteiger partial charge in [-0.15, -0.1) is 23.5 Å². The summed E-state index contributed by atoms with van der Waals surface area (Å²) >= 11 is 8.52. The number of esters is 1. The number of hydrogen-bond acceptors (Lipinski definition) is 9. The fourth-order valence-corrected chi connectivity index (χ4v) is 2.39. The molecule has 1 atom stereocenters. The molecule has 126 valence electrons. The highest BCUT2D eigenvalue weighted by atomic mass is 35.5. The first-order chi connectivity index (χ1) is 11.5. The summed E-state index contributed by atoms with van der Waals surface area (Å²) < 4.78 is 4.50. The van der Waals surface area contributed by atoms with Crippen LogP contribution in [0, 0.1) is 11.3 Å². The highest BCUT2D eigenvalue weighted by Gasteiger charge is 2.22. The zero-order valence-corrected chi connectivity index (χ0v) is 15.5. The Bertz CT molecular complexity index is 726. The second kappa shape index (κ2) is 10.8. The van der Waals surface area contributed by atoms with Crippen LogP contribution in [0.4, 0.5) is 0 Å². The molecule has 0 amide bonds. The van der Waals surface area contributed by atoms with Crippen molar-refractivity contribution in [3.63, 3.8) is 0 Å². The molecule has 0 bridgehead atoms. The Morgan fingerprint density at radius 1 is 1.17 bits per heavy atom. The van der Waals surface area contributed by atoms with E-state index in [1.807, 2.05) is 18.6 Å². The average Bonchev–Trinajstić information content (AvgIpc) is 2.62. The lowest BCUT2D eigenvalue weighted by Gasteiger charge is -2.06. The molecule has 0 fully saturated rings. The molecule has 1 unspecified atom stereocenters. The minimum Gasteiger partial charge on any atom is -0.468 e. The molecule has 0 aromatic carbocycles. The van der Waals surface area contributed by atoms with Crippen LogP contribution in [0.3, 0.4) is 0 Å². The molecule has 0 saturated heterocycles. The number of rotatable bonds is 4. The molecule has 2 aromatic rings. The van der Waals surface area contributed by atoms with E-state index in [-0.39, 0.29) is 0 Å². The van der Waals surface area contributed by atoms with Crippen molar-refractivity contribution in [1.29, 1.82) is 5.26 Å². The van der Waals surface area contributed by atoms with Crippen molar-refractivity contribution in [3.8, 4) is 6.07 Å². The van der Waals surface area contributed by atoms with E-state index in [1.165, 1.54) is 31.5 Å². The van der Waals surface area contributed by atoms with Crippen molar-refractivity contribution in [2.24, 2.45) is 0 Å². The van der Waals surface area contributed by atoms with Gasteiger partial charge in [0.1, 0.15) is 22.8 Å². The second-order valence-corrected chi connectivity index (χ2v) is 5.99. The summed E-state index contributed by atoms with van der Waals surface area (Å²) in [6.07, 6.45) is 6.58. The minimum atomic E-state index is -0.983. The molecule has 0 radical (unpaired) electrons. The van der Waals surface area contributed by atoms with Gasteiger partial charge >= 0.3 is 5.97 Å². The van der Waals surface area contributed by atoms with Crippen LogP contribution in [-0.2, 0) is 9.53 Å². The maximum absolute atomic E-state index is 11.2. The predicted molar refractivity (Wildman–Crippen MR) is 93.0 cm³/mol. The SMILES string of the molecule is COC(=O)C(C#N)c1cc(SC)ncn1.CSc1cc(Cl)ncn1. The van der Waals surface area contributed by atoms with Crippen LogP contribution in [-0.4, -0.2) is 45.5 Å². The van der Waals surface area contributed by atoms with Crippen LogP contribution in [0.2, 0.25) is 5.15 Å². The number of thioether (sulfide) groups is 2. The lowest BCUT2D eigenvalue weighted by Crippen LogP contribution is -2.14. The van der Waals surface area contributed by atoms with E-state index in [0.717, 1.165) is 5.03 Å². The Kier molecular flexibility index (Phi) is 9.07. The molecule has 2 heterocycles. The summed E-state index contributed by atoms with van der Waals surface area (Å²) in [7, 11) is 1.24. The average molecular weight is 384 g/mol. The molecular formula is C14H14ClN5O2S2. The highest BCUT2D eigenvalue weighted by Crippen LogP contribution is 2.18. The second-order valence-electron chi connectivity index (χ2n) is 3.95. The maximum Gasteiger partial charge on any atom is 0.329 e. The number of hydrogen-bond donors (Lipinski definition) is 0. The zero-order chi connectivity index (χ0) is 17.9. The van der Waals surface area contributed by atoms with E-state index in [0.29, 0.717) is 15.9 Å². The van der Waals surface area contributed by atoms with Crippen LogP contribution in [0.15, 0.2) is 34.8 Å². The zero-order valence-electron chi connectivity index (χ0n) is 13.1. The Morgan fingerprint density at radius 2 is 1.75 bits per heavy atom. The van der Waals surface area contributed by atoms with Crippen molar-refractivity contribution in [3.05, 3.63) is 35.6 Å². The quantitative estimate of drug-likeness (QED) is 0.447. The molecule has 0 saturated carbocycles. The van der Waals surface area contributed by atoms with Gasteiger partial charge in [-0.25, -0.2) is 19.9 Å². The van der Waals surface area contributed by atoms with Crippen molar-refractivity contribution in [2.75, 3.05) is 19.6 Å². The topological polar surface area (TPSA) is 102 Å². The number of carbonyl (C=O) groups excluding carboxylic acids is 1. The fraction of sp³-hybridized carbons (Fsp3) is 0.286. The van der Waals surface area contributed by atoms with E-state index in [4.69, 9.17) is 16.9 Å². The third-order valence-corrected chi connectivity index (χ3v) is 4.04. The molecule has 0 N–H and O–H groups in total. The molecule has 0 aliphatic rings. The largest absolute Gasteiger partial charge is 0.468 e. The molecule has 2 rings (SSSR count). The lowest BCUT2D eigenvalue weighted by atomic mass is 10.1. The molecule has 0 spiro atoms. The summed E-state index contributed by atoms with van der Waals surface area (Å²) in [5.41, 5.74) is 0.365. The van der Waals surface area contributed by atoms with E-state index in [9.17, 15) is 4.79 Å². The molecule has 7 nitrogen and oxygen atoms in total. The standard InChI is InChI=1S/C9H9N3O2S.C5H5ClN2S/c1-14-9(13)6(4-10)7-3-8(15-2)12-5-11-7;1-9-5-2-4(6)7-3-8-5/h3,5-6H,1-2H3;2-3H,1H3. The molecule has 2 aromatic heterocycles. The van der Waals surface area contributed by atoms with Gasteiger partial charge in [0.2, 0.25) is 0 Å². The van der Waals surface area contributed by atoms with Gasteiger partial charge in [-0.05, 0) is 18.6 Å². The van der Waals surface area contributed by atoms with Crippen molar-refractivity contribution < 1.29 is 9.53 Å². The van der Waals surface area contributed by atoms with Gasteiger partial charge < -0.3 is 4.74 Å². The first-order valence-corrected chi connectivity index (χ1v) is 9.23. The molecule has 10 heteroatoms. The lowest BCUT2D eigenvalue weighted by molar-refractivity contribution is -0.141. The van der Waals surface area contributed by atoms with E-state index < -0.39 is 11.9 Å². The normalized spacial score (nSPS) is 10.8. The number of methoxy groups -OCH3 is 1. The van der Waals surface area contributed by atoms with E-state index in [2.05, 4.69) is 24.7 Å². The first kappa shape index (κ1) is 20.2. The van der Waals surface area contributed by atoms with E-state index >= 15 is 0 Å². The van der Waals surface area contributed by atoms with Gasteiger partial charge in [0.15, 0.2) is 5.92 Å². The van der Waals surface area contributed by atoms with Crippen LogP contribution >= 0.6 is 35.1 Å². The number of halogens is 1. The maximum atomic E-state index is 11.2. The highest BCUT2D eigenvalue weighted by molar-refractivity contribution is 7.98. The number of ether oxygens (including phenoxy) is 1. The summed E-state index contributed by atoms with van der Waals surface area (Å²) in [6, 6.07) is 5.18. The predicted octanol–water partition coefficient (Wildman–Crippen LogP) is 2.83. The van der Waals surface area contributed by atoms with Crippen molar-refractivity contribution >= 4 is 41.1 Å². The Hall–Kier alpha value is -1.89. The smallest absolute Gasteiger partial charge is 0.329 e. The first-order valence-electron chi connectivity index (χ1n) is 6.40. The van der Waals surface area contributed by atoms with Gasteiger partial charge in [-0.3, -0.25) is 4.79 Å². The number of aromatic nitrogens is 4. The summed E-state index contributed by atoms with van der Waals surface area (Å²) in [5.74, 6) is -1.59. The van der Waals surface area contributed by atoms with Crippen LogP contribution in [0.25, 0.3) is 0 Å². The van der Waals surface area contributed by atoms with Gasteiger partial charge in [0, 0.05) is 6.07 Å². The van der Waals surface area contributed by atoms with Crippen LogP contribution in [0.1, 0.15) is 11.6 Å². The summed E-state index contributed by atoms with van der Waals surface area (Å²) in [4.78, 5) is 26.7. The van der Waals surface area contributed by atoms with Crippen molar-refractivity contribution in [2.45, 2.75) is 16.0 Å². The summed E-state index contributed by atoms with van der Waals surface area (Å²) in [5, 5.41) is 10.9. The van der Waals surface area contributed by atoms with Crippen LogP contribution < -0.4 is 0 Å². The molecule has 0 aliphatic heterocycles. The monoisotopic (exact) mass is 383 g/mol. The van der Waals surface area contributed by atoms with Gasteiger partial charge in [-0.1, -0.05) is 11.6 Å². The molecular weight excluding hydrogens is 370 g/mol. The number of nitriles is 1. The molecule has 0 aliphatic carbocycles. The molecule has 24 heavy (non-hydrogen) atoms. The van der Waals surface area contributed by atoms with Gasteiger partial charge in [-0.2, -0.15) is 5.26 Å². The summed E-state index contributed by atoms with van der Waals surface area (Å²) in [6.45, 7) is 0. The van der Waals surface area contributed by atoms with Gasteiger partial charge in [0.25, 0.3) is 0 Å². The Balaban J connectivity index is 0.000000272. The Labute approximate surface area is 153 Å². The van der Waals surface area contributed by atoms with E-state index in [1.54, 1.807) is 23.9 Å². The fourth-order valence-electron chi connectivity index (χ4n) is 1.41.